The third kappa shape index (κ3) is 2.50. The van der Waals surface area contributed by atoms with Crippen LogP contribution >= 0.6 is 0 Å². The number of alkyl halides is 3. The lowest BCUT2D eigenvalue weighted by molar-refractivity contribution is -0.139. The monoisotopic (exact) mass is 246 g/mol. The molecule has 4 nitrogen and oxygen atoms in total. The summed E-state index contributed by atoms with van der Waals surface area (Å²) in [5.74, 6) is 0. The van der Waals surface area contributed by atoms with E-state index in [9.17, 15) is 18.0 Å². The van der Waals surface area contributed by atoms with E-state index in [2.05, 4.69) is 10.9 Å². The van der Waals surface area contributed by atoms with Gasteiger partial charge in [0.25, 0.3) is 0 Å². The summed E-state index contributed by atoms with van der Waals surface area (Å²) in [7, 11) is 0. The Kier molecular flexibility index (Phi) is 2.93. The molecule has 92 valence electrons. The molecule has 7 heteroatoms. The van der Waals surface area contributed by atoms with Crippen molar-refractivity contribution in [3.8, 4) is 0 Å². The van der Waals surface area contributed by atoms with Gasteiger partial charge in [0.15, 0.2) is 0 Å². The summed E-state index contributed by atoms with van der Waals surface area (Å²) in [6, 6.07) is 5.03. The van der Waals surface area contributed by atoms with Gasteiger partial charge in [0.05, 0.1) is 12.1 Å². The number of amides is 1. The van der Waals surface area contributed by atoms with Gasteiger partial charge in [-0.05, 0) is 6.07 Å². The molecule has 2 rings (SSSR count). The number of benzene rings is 1. The number of carbonyl (C=O) groups excluding carboxylic acids is 1. The minimum absolute atomic E-state index is 0.0534. The van der Waals surface area contributed by atoms with Gasteiger partial charge in [-0.15, -0.1) is 0 Å². The molecule has 2 N–H and O–H groups in total. The molecule has 1 amide bonds. The quantitative estimate of drug-likeness (QED) is 0.796. The van der Waals surface area contributed by atoms with E-state index in [1.165, 1.54) is 18.2 Å². The highest BCUT2D eigenvalue weighted by molar-refractivity contribution is 5.67. The number of hydrogen-bond acceptors (Lipinski definition) is 3. The van der Waals surface area contributed by atoms with Crippen molar-refractivity contribution in [2.45, 2.75) is 12.3 Å². The highest BCUT2D eigenvalue weighted by atomic mass is 19.4. The fraction of sp³-hybridized carbons (Fsp3) is 0.300. The fourth-order valence-electron chi connectivity index (χ4n) is 1.63. The van der Waals surface area contributed by atoms with E-state index in [0.29, 0.717) is 0 Å². The van der Waals surface area contributed by atoms with E-state index in [0.717, 1.165) is 6.07 Å². The molecule has 1 aromatic rings. The zero-order valence-electron chi connectivity index (χ0n) is 8.54. The summed E-state index contributed by atoms with van der Waals surface area (Å²) in [6.45, 7) is 0.0822. The van der Waals surface area contributed by atoms with Crippen molar-refractivity contribution >= 4 is 6.09 Å². The summed E-state index contributed by atoms with van der Waals surface area (Å²) in [4.78, 5) is 10.9. The van der Waals surface area contributed by atoms with Crippen LogP contribution in [0.4, 0.5) is 18.0 Å². The highest BCUT2D eigenvalue weighted by Gasteiger charge is 2.36. The molecule has 0 spiro atoms. The maximum Gasteiger partial charge on any atom is 0.422 e. The van der Waals surface area contributed by atoms with E-state index in [1.54, 1.807) is 0 Å². The Hall–Kier alpha value is -1.76. The van der Waals surface area contributed by atoms with Crippen LogP contribution in [-0.2, 0) is 10.9 Å². The molecule has 17 heavy (non-hydrogen) atoms. The van der Waals surface area contributed by atoms with Crippen molar-refractivity contribution in [1.82, 2.24) is 10.9 Å². The van der Waals surface area contributed by atoms with Gasteiger partial charge in [-0.25, -0.2) is 10.2 Å². The molecule has 1 heterocycles. The Labute approximate surface area is 94.7 Å². The third-order valence-corrected chi connectivity index (χ3v) is 2.34. The largest absolute Gasteiger partial charge is 0.439 e. The molecule has 0 aliphatic carbocycles. The second-order valence-corrected chi connectivity index (χ2v) is 3.48. The highest BCUT2D eigenvalue weighted by Crippen LogP contribution is 2.35. The maximum atomic E-state index is 12.7. The number of hydrazine groups is 1. The predicted octanol–water partition coefficient (Wildman–Crippen LogP) is 1.99. The Morgan fingerprint density at radius 2 is 2.00 bits per heavy atom. The average Bonchev–Trinajstić information content (AvgIpc) is 2.28. The summed E-state index contributed by atoms with van der Waals surface area (Å²) < 4.78 is 43.0. The van der Waals surface area contributed by atoms with Crippen LogP contribution in [0, 0.1) is 0 Å². The molecule has 1 unspecified atom stereocenters. The second-order valence-electron chi connectivity index (χ2n) is 3.48. The lowest BCUT2D eigenvalue weighted by Gasteiger charge is -2.26. The van der Waals surface area contributed by atoms with Gasteiger partial charge >= 0.3 is 12.3 Å². The van der Waals surface area contributed by atoms with Crippen molar-refractivity contribution in [2.75, 3.05) is 6.54 Å². The van der Waals surface area contributed by atoms with Crippen LogP contribution < -0.4 is 10.9 Å². The first-order valence-electron chi connectivity index (χ1n) is 4.84. The van der Waals surface area contributed by atoms with Gasteiger partial charge < -0.3 is 4.74 Å². The molecule has 1 saturated heterocycles. The molecule has 1 aliphatic rings. The number of cyclic esters (lactones) is 1. The Morgan fingerprint density at radius 3 is 2.65 bits per heavy atom. The predicted molar refractivity (Wildman–Crippen MR) is 51.8 cm³/mol. The molecule has 1 aromatic carbocycles. The van der Waals surface area contributed by atoms with E-state index in [-0.39, 0.29) is 12.1 Å². The van der Waals surface area contributed by atoms with Gasteiger partial charge in [-0.2, -0.15) is 13.2 Å². The first-order valence-corrected chi connectivity index (χ1v) is 4.84. The topological polar surface area (TPSA) is 50.4 Å². The van der Waals surface area contributed by atoms with Crippen LogP contribution in [0.1, 0.15) is 17.2 Å². The van der Waals surface area contributed by atoms with Crippen LogP contribution in [0.2, 0.25) is 0 Å². The Morgan fingerprint density at radius 1 is 1.29 bits per heavy atom. The molecular weight excluding hydrogens is 237 g/mol. The van der Waals surface area contributed by atoms with E-state index < -0.39 is 23.9 Å². The molecule has 0 saturated carbocycles. The minimum atomic E-state index is -4.46. The van der Waals surface area contributed by atoms with Crippen LogP contribution in [0.5, 0.6) is 0 Å². The van der Waals surface area contributed by atoms with Gasteiger partial charge in [-0.3, -0.25) is 5.43 Å². The molecule has 1 aliphatic heterocycles. The number of nitrogens with one attached hydrogen (secondary N) is 2. The van der Waals surface area contributed by atoms with E-state index in [4.69, 9.17) is 4.74 Å². The van der Waals surface area contributed by atoms with Gasteiger partial charge in [0, 0.05) is 5.56 Å². The van der Waals surface area contributed by atoms with Gasteiger partial charge in [-0.1, -0.05) is 18.2 Å². The summed E-state index contributed by atoms with van der Waals surface area (Å²) >= 11 is 0. The van der Waals surface area contributed by atoms with Crippen molar-refractivity contribution in [3.63, 3.8) is 0 Å². The number of ether oxygens (including phenoxy) is 1. The Bertz CT molecular complexity index is 434. The smallest absolute Gasteiger partial charge is 0.422 e. The van der Waals surface area contributed by atoms with Crippen molar-refractivity contribution in [1.29, 1.82) is 0 Å². The number of hydrogen-bond donors (Lipinski definition) is 2. The molecule has 0 radical (unpaired) electrons. The summed E-state index contributed by atoms with van der Waals surface area (Å²) in [5, 5.41) is 0. The lowest BCUT2D eigenvalue weighted by atomic mass is 10.0. The van der Waals surface area contributed by atoms with Gasteiger partial charge in [0.2, 0.25) is 0 Å². The fourth-order valence-corrected chi connectivity index (χ4v) is 1.63. The Balaban J connectivity index is 2.34. The number of halogens is 3. The van der Waals surface area contributed by atoms with Crippen LogP contribution in [0.25, 0.3) is 0 Å². The first-order chi connectivity index (χ1) is 7.98. The maximum absolute atomic E-state index is 12.7. The molecule has 0 aromatic heterocycles. The zero-order valence-corrected chi connectivity index (χ0v) is 8.54. The van der Waals surface area contributed by atoms with E-state index >= 15 is 0 Å². The van der Waals surface area contributed by atoms with Crippen molar-refractivity contribution in [3.05, 3.63) is 35.4 Å². The van der Waals surface area contributed by atoms with Crippen molar-refractivity contribution in [2.24, 2.45) is 0 Å². The minimum Gasteiger partial charge on any atom is -0.439 e. The average molecular weight is 246 g/mol. The molecule has 0 bridgehead atoms. The normalized spacial score (nSPS) is 20.6. The van der Waals surface area contributed by atoms with Crippen LogP contribution in [-0.4, -0.2) is 12.6 Å². The van der Waals surface area contributed by atoms with Crippen LogP contribution in [0.15, 0.2) is 24.3 Å². The lowest BCUT2D eigenvalue weighted by Crippen LogP contribution is -2.47. The molecular formula is C10H9F3N2O2. The SMILES string of the molecule is O=C1NNCC(c2ccccc2C(F)(F)F)O1. The second kappa shape index (κ2) is 4.25. The van der Waals surface area contributed by atoms with Crippen molar-refractivity contribution < 1.29 is 22.7 Å². The third-order valence-electron chi connectivity index (χ3n) is 2.34. The first kappa shape index (κ1) is 11.7. The number of rotatable bonds is 1. The summed E-state index contributed by atoms with van der Waals surface area (Å²) in [5.41, 5.74) is 3.77. The standard InChI is InChI=1S/C10H9F3N2O2/c11-10(12,13)7-4-2-1-3-6(7)8-5-14-15-9(16)17-8/h1-4,8,14H,5H2,(H,15,16). The molecule has 1 atom stereocenters. The number of carbonyl (C=O) groups is 1. The summed E-state index contributed by atoms with van der Waals surface area (Å²) in [6.07, 6.45) is -6.20. The van der Waals surface area contributed by atoms with E-state index in [1.807, 2.05) is 0 Å². The van der Waals surface area contributed by atoms with Crippen LogP contribution in [0.3, 0.4) is 0 Å². The molecule has 1 fully saturated rings. The van der Waals surface area contributed by atoms with Gasteiger partial charge in [0.1, 0.15) is 6.10 Å². The zero-order chi connectivity index (χ0) is 12.5.